The second kappa shape index (κ2) is 9.21. The average molecular weight is 405 g/mol. The molecule has 6 nitrogen and oxygen atoms in total. The van der Waals surface area contributed by atoms with Crippen LogP contribution in [0.3, 0.4) is 0 Å². The number of sulfonamides is 1. The summed E-state index contributed by atoms with van der Waals surface area (Å²) in [6.07, 6.45) is 2.07. The minimum atomic E-state index is -3.67. The summed E-state index contributed by atoms with van der Waals surface area (Å²) in [5.74, 6) is -0.209. The van der Waals surface area contributed by atoms with Crippen molar-refractivity contribution in [2.75, 3.05) is 11.3 Å². The van der Waals surface area contributed by atoms with Crippen molar-refractivity contribution in [3.05, 3.63) is 59.7 Å². The first kappa shape index (κ1) is 21.9. The molecule has 0 unspecified atom stereocenters. The van der Waals surface area contributed by atoms with Gasteiger partial charge in [-0.3, -0.25) is 9.52 Å². The minimum absolute atomic E-state index is 0.148. The highest BCUT2D eigenvalue weighted by Crippen LogP contribution is 2.18. The number of hydrogen-bond acceptors (Lipinski definition) is 4. The van der Waals surface area contributed by atoms with Crippen molar-refractivity contribution >= 4 is 21.6 Å². The largest absolute Gasteiger partial charge is 0.394 e. The van der Waals surface area contributed by atoms with Gasteiger partial charge in [0.05, 0.1) is 23.5 Å². The Morgan fingerprint density at radius 1 is 1.00 bits per heavy atom. The number of carbonyl (C=O) groups excluding carboxylic acids is 1. The van der Waals surface area contributed by atoms with Gasteiger partial charge < -0.3 is 10.4 Å². The first-order valence-corrected chi connectivity index (χ1v) is 10.8. The molecule has 2 aromatic rings. The van der Waals surface area contributed by atoms with Crippen LogP contribution in [0.2, 0.25) is 0 Å². The number of nitrogens with one attached hydrogen (secondary N) is 2. The molecule has 0 aliphatic carbocycles. The third-order valence-corrected chi connectivity index (χ3v) is 5.61. The number of aryl methyl sites for hydroxylation is 1. The third-order valence-electron chi connectivity index (χ3n) is 4.22. The smallest absolute Gasteiger partial charge is 0.261 e. The zero-order valence-corrected chi connectivity index (χ0v) is 17.3. The van der Waals surface area contributed by atoms with Gasteiger partial charge >= 0.3 is 0 Å². The Balaban J connectivity index is 2.02. The molecule has 0 bridgehead atoms. The molecule has 0 heterocycles. The van der Waals surface area contributed by atoms with E-state index in [4.69, 9.17) is 0 Å². The van der Waals surface area contributed by atoms with E-state index in [1.54, 1.807) is 50.2 Å². The molecule has 0 saturated carbocycles. The van der Waals surface area contributed by atoms with Crippen LogP contribution in [-0.4, -0.2) is 31.6 Å². The van der Waals surface area contributed by atoms with E-state index in [-0.39, 0.29) is 23.8 Å². The summed E-state index contributed by atoms with van der Waals surface area (Å²) < 4.78 is 27.6. The van der Waals surface area contributed by atoms with E-state index in [1.165, 1.54) is 0 Å². The zero-order valence-electron chi connectivity index (χ0n) is 16.5. The monoisotopic (exact) mass is 404 g/mol. The van der Waals surface area contributed by atoms with E-state index in [9.17, 15) is 18.3 Å². The van der Waals surface area contributed by atoms with Gasteiger partial charge in [0.25, 0.3) is 10.0 Å². The second-order valence-electron chi connectivity index (χ2n) is 7.46. The van der Waals surface area contributed by atoms with Gasteiger partial charge in [-0.2, -0.15) is 0 Å². The number of carbonyl (C=O) groups is 1. The van der Waals surface area contributed by atoms with Gasteiger partial charge in [0.1, 0.15) is 0 Å². The molecule has 0 aliphatic heterocycles. The summed E-state index contributed by atoms with van der Waals surface area (Å²) in [6.45, 7) is 5.39. The number of hydrogen-bond donors (Lipinski definition) is 3. The van der Waals surface area contributed by atoms with Gasteiger partial charge in [-0.1, -0.05) is 37.6 Å². The van der Waals surface area contributed by atoms with Crippen LogP contribution in [0.15, 0.2) is 53.4 Å². The predicted molar refractivity (Wildman–Crippen MR) is 111 cm³/mol. The lowest BCUT2D eigenvalue weighted by Gasteiger charge is -2.23. The summed E-state index contributed by atoms with van der Waals surface area (Å²) in [4.78, 5) is 12.2. The molecule has 0 aromatic heterocycles. The molecular formula is C21H28N2O4S. The maximum atomic E-state index is 12.5. The number of aliphatic hydroxyl groups is 1. The first-order valence-electron chi connectivity index (χ1n) is 9.28. The lowest BCUT2D eigenvalue weighted by Crippen LogP contribution is -2.46. The number of amides is 1. The van der Waals surface area contributed by atoms with Crippen molar-refractivity contribution in [2.45, 2.75) is 50.5 Å². The van der Waals surface area contributed by atoms with Crippen LogP contribution >= 0.6 is 0 Å². The molecule has 0 spiro atoms. The molecule has 1 amide bonds. The second-order valence-corrected chi connectivity index (χ2v) is 9.15. The van der Waals surface area contributed by atoms with Crippen LogP contribution in [0, 0.1) is 0 Å². The highest BCUT2D eigenvalue weighted by molar-refractivity contribution is 7.92. The number of anilines is 1. The van der Waals surface area contributed by atoms with Crippen LogP contribution in [0.25, 0.3) is 0 Å². The molecule has 0 aliphatic rings. The molecule has 7 heteroatoms. The van der Waals surface area contributed by atoms with Crippen molar-refractivity contribution < 1.29 is 18.3 Å². The molecule has 3 N–H and O–H groups in total. The molecule has 0 fully saturated rings. The number of aliphatic hydroxyl groups excluding tert-OH is 1. The van der Waals surface area contributed by atoms with Crippen LogP contribution < -0.4 is 10.0 Å². The molecule has 2 aromatic carbocycles. The van der Waals surface area contributed by atoms with E-state index in [2.05, 4.69) is 17.0 Å². The van der Waals surface area contributed by atoms with Gasteiger partial charge in [0, 0.05) is 5.69 Å². The van der Waals surface area contributed by atoms with Crippen LogP contribution in [-0.2, 0) is 27.7 Å². The van der Waals surface area contributed by atoms with Gasteiger partial charge in [-0.25, -0.2) is 8.42 Å². The normalized spacial score (nSPS) is 11.9. The molecule has 0 atom stereocenters. The maximum Gasteiger partial charge on any atom is 0.261 e. The Morgan fingerprint density at radius 2 is 1.57 bits per heavy atom. The first-order chi connectivity index (χ1) is 13.1. The Bertz CT molecular complexity index is 889. The maximum absolute atomic E-state index is 12.5. The highest BCUT2D eigenvalue weighted by atomic mass is 32.2. The van der Waals surface area contributed by atoms with E-state index in [0.717, 1.165) is 24.0 Å². The van der Waals surface area contributed by atoms with Crippen molar-refractivity contribution in [3.8, 4) is 0 Å². The van der Waals surface area contributed by atoms with E-state index in [0.29, 0.717) is 5.69 Å². The summed E-state index contributed by atoms with van der Waals surface area (Å²) in [5.41, 5.74) is 1.60. The molecule has 28 heavy (non-hydrogen) atoms. The van der Waals surface area contributed by atoms with E-state index in [1.807, 2.05) is 12.1 Å². The molecule has 152 valence electrons. The number of benzene rings is 2. The fourth-order valence-corrected chi connectivity index (χ4v) is 3.73. The van der Waals surface area contributed by atoms with E-state index < -0.39 is 15.6 Å². The van der Waals surface area contributed by atoms with Gasteiger partial charge in [0.15, 0.2) is 0 Å². The van der Waals surface area contributed by atoms with Crippen molar-refractivity contribution in [3.63, 3.8) is 0 Å². The van der Waals surface area contributed by atoms with Gasteiger partial charge in [0.2, 0.25) is 5.91 Å². The standard InChI is InChI=1S/C21H28N2O4S/c1-4-5-16-8-12-19(13-9-16)28(26,27)23-18-10-6-17(7-11-18)14-20(25)22-21(2,3)15-24/h6-13,23-24H,4-5,14-15H2,1-3H3,(H,22,25). The Kier molecular flexibility index (Phi) is 7.21. The quantitative estimate of drug-likeness (QED) is 0.599. The van der Waals surface area contributed by atoms with Crippen molar-refractivity contribution in [2.24, 2.45) is 0 Å². The predicted octanol–water partition coefficient (Wildman–Crippen LogP) is 2.87. The fourth-order valence-electron chi connectivity index (χ4n) is 2.68. The van der Waals surface area contributed by atoms with Crippen molar-refractivity contribution in [1.82, 2.24) is 5.32 Å². The summed E-state index contributed by atoms with van der Waals surface area (Å²) in [7, 11) is -3.67. The van der Waals surface area contributed by atoms with Gasteiger partial charge in [-0.05, 0) is 55.7 Å². The van der Waals surface area contributed by atoms with E-state index >= 15 is 0 Å². The average Bonchev–Trinajstić information content (AvgIpc) is 2.63. The highest BCUT2D eigenvalue weighted by Gasteiger charge is 2.19. The Labute approximate surface area is 167 Å². The molecule has 0 saturated heterocycles. The Hall–Kier alpha value is -2.38. The summed E-state index contributed by atoms with van der Waals surface area (Å²) in [5, 5.41) is 12.0. The summed E-state index contributed by atoms with van der Waals surface area (Å²) >= 11 is 0. The van der Waals surface area contributed by atoms with Crippen LogP contribution in [0.5, 0.6) is 0 Å². The Morgan fingerprint density at radius 3 is 2.11 bits per heavy atom. The zero-order chi connectivity index (χ0) is 20.8. The fraction of sp³-hybridized carbons (Fsp3) is 0.381. The van der Waals surface area contributed by atoms with Crippen LogP contribution in [0.4, 0.5) is 5.69 Å². The van der Waals surface area contributed by atoms with Crippen molar-refractivity contribution in [1.29, 1.82) is 0 Å². The molecule has 2 rings (SSSR count). The minimum Gasteiger partial charge on any atom is -0.394 e. The molecular weight excluding hydrogens is 376 g/mol. The molecule has 0 radical (unpaired) electrons. The van der Waals surface area contributed by atoms with Crippen LogP contribution in [0.1, 0.15) is 38.3 Å². The lowest BCUT2D eigenvalue weighted by molar-refractivity contribution is -0.122. The lowest BCUT2D eigenvalue weighted by atomic mass is 10.1. The SMILES string of the molecule is CCCc1ccc(S(=O)(=O)Nc2ccc(CC(=O)NC(C)(C)CO)cc2)cc1. The third kappa shape index (κ3) is 6.35. The topological polar surface area (TPSA) is 95.5 Å². The number of rotatable bonds is 9. The van der Waals surface area contributed by atoms with Gasteiger partial charge in [-0.15, -0.1) is 0 Å². The summed E-state index contributed by atoms with van der Waals surface area (Å²) in [6, 6.07) is 13.5.